The lowest BCUT2D eigenvalue weighted by Crippen LogP contribution is -2.11. The van der Waals surface area contributed by atoms with E-state index in [2.05, 4.69) is 4.72 Å². The molecule has 0 bridgehead atoms. The Labute approximate surface area is 174 Å². The van der Waals surface area contributed by atoms with E-state index < -0.39 is 10.0 Å². The van der Waals surface area contributed by atoms with Gasteiger partial charge in [0.2, 0.25) is 15.8 Å². The highest BCUT2D eigenvalue weighted by molar-refractivity contribution is 7.92. The fourth-order valence-electron chi connectivity index (χ4n) is 3.24. The lowest BCUT2D eigenvalue weighted by Gasteiger charge is -2.10. The van der Waals surface area contributed by atoms with Gasteiger partial charge in [0, 0.05) is 29.7 Å². The molecule has 0 spiro atoms. The lowest BCUT2D eigenvalue weighted by atomic mass is 10.1. The number of nitrogens with one attached hydrogen (secondary N) is 1. The summed E-state index contributed by atoms with van der Waals surface area (Å²) in [5.74, 6) is -0.250. The zero-order valence-electron chi connectivity index (χ0n) is 16.2. The fourth-order valence-corrected chi connectivity index (χ4v) is 3.94. The molecule has 0 saturated heterocycles. The van der Waals surface area contributed by atoms with E-state index in [0.717, 1.165) is 23.1 Å². The van der Waals surface area contributed by atoms with Crippen LogP contribution in [0.4, 0.5) is 5.69 Å². The maximum absolute atomic E-state index is 12.9. The second-order valence-electron chi connectivity index (χ2n) is 6.96. The number of ketones is 1. The normalized spacial score (nSPS) is 11.4. The number of aromatic hydroxyl groups is 1. The Kier molecular flexibility index (Phi) is 5.73. The first-order valence-electron chi connectivity index (χ1n) is 8.80. The number of rotatable bonds is 6. The van der Waals surface area contributed by atoms with Crippen molar-refractivity contribution in [3.8, 4) is 5.75 Å². The minimum atomic E-state index is -3.48. The van der Waals surface area contributed by atoms with E-state index in [1.165, 1.54) is 12.1 Å². The van der Waals surface area contributed by atoms with Crippen LogP contribution in [0, 0.1) is 6.92 Å². The maximum atomic E-state index is 12.9. The third-order valence-electron chi connectivity index (χ3n) is 4.59. The molecule has 0 fully saturated rings. The van der Waals surface area contributed by atoms with Gasteiger partial charge < -0.3 is 9.67 Å². The zero-order chi connectivity index (χ0) is 21.3. The number of benzene rings is 2. The van der Waals surface area contributed by atoms with Gasteiger partial charge >= 0.3 is 0 Å². The summed E-state index contributed by atoms with van der Waals surface area (Å²) in [6.45, 7) is 1.88. The van der Waals surface area contributed by atoms with Crippen LogP contribution in [0.1, 0.15) is 32.9 Å². The Morgan fingerprint density at radius 3 is 2.38 bits per heavy atom. The van der Waals surface area contributed by atoms with Crippen LogP contribution in [0.3, 0.4) is 0 Å². The number of hydrogen-bond acceptors (Lipinski definition) is 4. The van der Waals surface area contributed by atoms with Gasteiger partial charge in [0.15, 0.2) is 0 Å². The molecule has 6 nitrogen and oxygen atoms in total. The minimum Gasteiger partial charge on any atom is -0.506 e. The second kappa shape index (κ2) is 7.93. The SMILES string of the molecule is Cc1cc(Cc2ccc(NS(C)(=O)=O)c(O)c2)n(C)c1C(=O)c1ccc(Cl)cc1. The summed E-state index contributed by atoms with van der Waals surface area (Å²) in [7, 11) is -1.65. The molecule has 0 aliphatic carbocycles. The Morgan fingerprint density at radius 2 is 1.79 bits per heavy atom. The van der Waals surface area contributed by atoms with Crippen LogP contribution in [-0.4, -0.2) is 30.1 Å². The lowest BCUT2D eigenvalue weighted by molar-refractivity contribution is 0.103. The van der Waals surface area contributed by atoms with Crippen molar-refractivity contribution in [1.82, 2.24) is 4.57 Å². The molecule has 0 amide bonds. The standard InChI is InChI=1S/C21H21ClN2O4S/c1-13-10-17(11-14-4-9-18(19(25)12-14)23-29(3,27)28)24(2)20(13)21(26)15-5-7-16(22)8-6-15/h4-10,12,23,25H,11H2,1-3H3. The van der Waals surface area contributed by atoms with Gasteiger partial charge in [-0.05, 0) is 60.5 Å². The van der Waals surface area contributed by atoms with Gasteiger partial charge in [-0.2, -0.15) is 0 Å². The molecule has 29 heavy (non-hydrogen) atoms. The summed E-state index contributed by atoms with van der Waals surface area (Å²) >= 11 is 5.90. The third-order valence-corrected chi connectivity index (χ3v) is 5.43. The number of phenolic OH excluding ortho intramolecular Hbond substituents is 1. The van der Waals surface area contributed by atoms with Crippen LogP contribution >= 0.6 is 11.6 Å². The van der Waals surface area contributed by atoms with Crippen LogP contribution in [0.25, 0.3) is 0 Å². The predicted molar refractivity (Wildman–Crippen MR) is 114 cm³/mol. The van der Waals surface area contributed by atoms with Gasteiger partial charge in [0.25, 0.3) is 0 Å². The average molecular weight is 433 g/mol. The van der Waals surface area contributed by atoms with Crippen molar-refractivity contribution in [2.75, 3.05) is 11.0 Å². The molecule has 0 aliphatic heterocycles. The average Bonchev–Trinajstić information content (AvgIpc) is 2.90. The molecule has 3 rings (SSSR count). The first kappa shape index (κ1) is 21.0. The number of nitrogens with zero attached hydrogens (tertiary/aromatic N) is 1. The van der Waals surface area contributed by atoms with Crippen molar-refractivity contribution in [3.05, 3.63) is 81.6 Å². The second-order valence-corrected chi connectivity index (χ2v) is 9.15. The number of hydrogen-bond donors (Lipinski definition) is 2. The molecule has 2 N–H and O–H groups in total. The van der Waals surface area contributed by atoms with Gasteiger partial charge in [-0.1, -0.05) is 17.7 Å². The fraction of sp³-hybridized carbons (Fsp3) is 0.190. The number of halogens is 1. The van der Waals surface area contributed by atoms with E-state index in [-0.39, 0.29) is 17.2 Å². The molecule has 8 heteroatoms. The van der Waals surface area contributed by atoms with Gasteiger partial charge in [0.05, 0.1) is 17.6 Å². The monoisotopic (exact) mass is 432 g/mol. The van der Waals surface area contributed by atoms with Gasteiger partial charge in [0.1, 0.15) is 5.75 Å². The van der Waals surface area contributed by atoms with E-state index in [4.69, 9.17) is 11.6 Å². The van der Waals surface area contributed by atoms with Crippen molar-refractivity contribution in [2.24, 2.45) is 7.05 Å². The molecule has 3 aromatic rings. The van der Waals surface area contributed by atoms with E-state index in [1.54, 1.807) is 30.3 Å². The van der Waals surface area contributed by atoms with Crippen molar-refractivity contribution < 1.29 is 18.3 Å². The quantitative estimate of drug-likeness (QED) is 0.457. The van der Waals surface area contributed by atoms with Crippen molar-refractivity contribution in [3.63, 3.8) is 0 Å². The highest BCUT2D eigenvalue weighted by Crippen LogP contribution is 2.27. The summed E-state index contributed by atoms with van der Waals surface area (Å²) < 4.78 is 26.8. The predicted octanol–water partition coefficient (Wildman–Crippen LogP) is 3.89. The van der Waals surface area contributed by atoms with E-state index in [0.29, 0.717) is 22.7 Å². The first-order valence-corrected chi connectivity index (χ1v) is 11.1. The topological polar surface area (TPSA) is 88.4 Å². The molecule has 0 unspecified atom stereocenters. The van der Waals surface area contributed by atoms with Crippen LogP contribution in [-0.2, 0) is 23.5 Å². The van der Waals surface area contributed by atoms with Crippen LogP contribution in [0.5, 0.6) is 5.75 Å². The van der Waals surface area contributed by atoms with Crippen LogP contribution < -0.4 is 4.72 Å². The van der Waals surface area contributed by atoms with E-state index in [9.17, 15) is 18.3 Å². The van der Waals surface area contributed by atoms with Gasteiger partial charge in [-0.3, -0.25) is 9.52 Å². The van der Waals surface area contributed by atoms with Crippen molar-refractivity contribution in [1.29, 1.82) is 0 Å². The molecule has 0 saturated carbocycles. The number of phenols is 1. The zero-order valence-corrected chi connectivity index (χ0v) is 17.8. The number of anilines is 1. The highest BCUT2D eigenvalue weighted by atomic mass is 35.5. The summed E-state index contributed by atoms with van der Waals surface area (Å²) in [6.07, 6.45) is 1.49. The number of carbonyl (C=O) groups excluding carboxylic acids is 1. The van der Waals surface area contributed by atoms with E-state index in [1.807, 2.05) is 24.6 Å². The smallest absolute Gasteiger partial charge is 0.229 e. The molecule has 1 heterocycles. The molecule has 152 valence electrons. The van der Waals surface area contributed by atoms with Crippen LogP contribution in [0.15, 0.2) is 48.5 Å². The van der Waals surface area contributed by atoms with E-state index >= 15 is 0 Å². The van der Waals surface area contributed by atoms with Gasteiger partial charge in [-0.25, -0.2) is 8.42 Å². The summed E-state index contributed by atoms with van der Waals surface area (Å²) in [6, 6.07) is 13.5. The number of sulfonamides is 1. The largest absolute Gasteiger partial charge is 0.506 e. The minimum absolute atomic E-state index is 0.0940. The number of carbonyl (C=O) groups is 1. The van der Waals surface area contributed by atoms with Crippen LogP contribution in [0.2, 0.25) is 5.02 Å². The third kappa shape index (κ3) is 4.81. The molecule has 2 aromatic carbocycles. The Morgan fingerprint density at radius 1 is 1.14 bits per heavy atom. The molecular formula is C21H21ClN2O4S. The molecule has 0 atom stereocenters. The Balaban J connectivity index is 1.88. The summed E-state index contributed by atoms with van der Waals surface area (Å²) in [4.78, 5) is 12.9. The molecule has 1 aromatic heterocycles. The van der Waals surface area contributed by atoms with Crippen molar-refractivity contribution in [2.45, 2.75) is 13.3 Å². The Bertz CT molecular complexity index is 1180. The summed E-state index contributed by atoms with van der Waals surface area (Å²) in [5.41, 5.74) is 3.79. The Hall–Kier alpha value is -2.77. The first-order chi connectivity index (χ1) is 13.5. The number of aromatic nitrogens is 1. The molecule has 0 aliphatic rings. The highest BCUT2D eigenvalue weighted by Gasteiger charge is 2.19. The number of aryl methyl sites for hydroxylation is 1. The van der Waals surface area contributed by atoms with Gasteiger partial charge in [-0.15, -0.1) is 0 Å². The maximum Gasteiger partial charge on any atom is 0.229 e. The van der Waals surface area contributed by atoms with Crippen molar-refractivity contribution >= 4 is 33.1 Å². The molecule has 0 radical (unpaired) electrons. The molecular weight excluding hydrogens is 412 g/mol. The summed E-state index contributed by atoms with van der Waals surface area (Å²) in [5, 5.41) is 10.7.